The molecule has 0 aliphatic rings. The third kappa shape index (κ3) is 8.21. The van der Waals surface area contributed by atoms with Crippen molar-refractivity contribution in [3.05, 3.63) is 18.5 Å². The van der Waals surface area contributed by atoms with Gasteiger partial charge in [0.2, 0.25) is 11.8 Å². The minimum absolute atomic E-state index is 0. The molecular weight excluding hydrogens is 329 g/mol. The van der Waals surface area contributed by atoms with E-state index < -0.39 is 6.04 Å². The van der Waals surface area contributed by atoms with Gasteiger partial charge in [-0.05, 0) is 18.9 Å². The van der Waals surface area contributed by atoms with Crippen LogP contribution in [0.1, 0.15) is 20.8 Å². The molecule has 0 saturated carbocycles. The molecular formula is C13H25Cl2N5O2. The standard InChI is InChI=1S/C13H23N5O2.2ClH/c1-9(2)12(14)13(20)15-7-11(19)17-10(3)8-18-6-4-5-16-18;;/h4-6,9-10,12H,7-8,14H2,1-3H3,(H,15,20)(H,17,19);2*1H/t10?,12-;;/m0../s1. The molecule has 0 aromatic carbocycles. The molecule has 1 aromatic rings. The summed E-state index contributed by atoms with van der Waals surface area (Å²) in [5.74, 6) is -0.513. The van der Waals surface area contributed by atoms with Gasteiger partial charge in [-0.2, -0.15) is 5.10 Å². The minimum Gasteiger partial charge on any atom is -0.350 e. The summed E-state index contributed by atoms with van der Waals surface area (Å²) in [6, 6.07) is 1.16. The first-order valence-corrected chi connectivity index (χ1v) is 6.70. The molecule has 9 heteroatoms. The zero-order chi connectivity index (χ0) is 15.1. The number of nitrogens with two attached hydrogens (primary N) is 1. The van der Waals surface area contributed by atoms with E-state index in [0.717, 1.165) is 0 Å². The number of carbonyl (C=O) groups is 2. The van der Waals surface area contributed by atoms with Gasteiger partial charge < -0.3 is 16.4 Å². The monoisotopic (exact) mass is 353 g/mol. The van der Waals surface area contributed by atoms with Crippen molar-refractivity contribution in [2.75, 3.05) is 6.54 Å². The maximum atomic E-state index is 11.7. The Hall–Kier alpha value is -1.31. The van der Waals surface area contributed by atoms with Gasteiger partial charge in [0.25, 0.3) is 0 Å². The zero-order valence-electron chi connectivity index (χ0n) is 13.0. The first-order valence-electron chi connectivity index (χ1n) is 6.70. The van der Waals surface area contributed by atoms with E-state index in [0.29, 0.717) is 6.54 Å². The summed E-state index contributed by atoms with van der Waals surface area (Å²) in [7, 11) is 0. The zero-order valence-corrected chi connectivity index (χ0v) is 14.6. The van der Waals surface area contributed by atoms with E-state index >= 15 is 0 Å². The second-order valence-corrected chi connectivity index (χ2v) is 5.18. The fourth-order valence-corrected chi connectivity index (χ4v) is 1.65. The van der Waals surface area contributed by atoms with Crippen LogP contribution in [0.4, 0.5) is 0 Å². The predicted octanol–water partition coefficient (Wildman–Crippen LogP) is 0.331. The maximum Gasteiger partial charge on any atom is 0.239 e. The molecule has 7 nitrogen and oxygen atoms in total. The second-order valence-electron chi connectivity index (χ2n) is 5.18. The van der Waals surface area contributed by atoms with Crippen molar-refractivity contribution in [2.24, 2.45) is 11.7 Å². The van der Waals surface area contributed by atoms with Gasteiger partial charge >= 0.3 is 0 Å². The van der Waals surface area contributed by atoms with Gasteiger partial charge in [-0.1, -0.05) is 13.8 Å². The molecule has 1 unspecified atom stereocenters. The summed E-state index contributed by atoms with van der Waals surface area (Å²) >= 11 is 0. The molecule has 1 rings (SSSR count). The molecule has 128 valence electrons. The number of nitrogens with one attached hydrogen (secondary N) is 2. The second kappa shape index (κ2) is 11.3. The van der Waals surface area contributed by atoms with Crippen molar-refractivity contribution in [1.82, 2.24) is 20.4 Å². The molecule has 4 N–H and O–H groups in total. The van der Waals surface area contributed by atoms with Crippen LogP contribution >= 0.6 is 24.8 Å². The predicted molar refractivity (Wildman–Crippen MR) is 90.2 cm³/mol. The van der Waals surface area contributed by atoms with E-state index in [1.807, 2.05) is 33.0 Å². The highest BCUT2D eigenvalue weighted by Gasteiger charge is 2.18. The molecule has 22 heavy (non-hydrogen) atoms. The van der Waals surface area contributed by atoms with Gasteiger partial charge in [-0.15, -0.1) is 24.8 Å². The lowest BCUT2D eigenvalue weighted by Gasteiger charge is -2.17. The number of rotatable bonds is 7. The van der Waals surface area contributed by atoms with Crippen LogP contribution in [0.15, 0.2) is 18.5 Å². The molecule has 0 aliphatic heterocycles. The number of hydrogen-bond acceptors (Lipinski definition) is 4. The summed E-state index contributed by atoms with van der Waals surface area (Å²) in [4.78, 5) is 23.3. The summed E-state index contributed by atoms with van der Waals surface area (Å²) in [5, 5.41) is 9.38. The van der Waals surface area contributed by atoms with Gasteiger partial charge in [0.1, 0.15) is 0 Å². The Morgan fingerprint density at radius 3 is 2.41 bits per heavy atom. The van der Waals surface area contributed by atoms with E-state index in [4.69, 9.17) is 5.73 Å². The molecule has 2 amide bonds. The topological polar surface area (TPSA) is 102 Å². The quantitative estimate of drug-likeness (QED) is 0.657. The maximum absolute atomic E-state index is 11.7. The average Bonchev–Trinajstić information content (AvgIpc) is 2.87. The van der Waals surface area contributed by atoms with Gasteiger partial charge in [0.05, 0.1) is 19.1 Å². The van der Waals surface area contributed by atoms with Crippen molar-refractivity contribution in [3.8, 4) is 0 Å². The highest BCUT2D eigenvalue weighted by Crippen LogP contribution is 1.97. The SMILES string of the molecule is CC(Cn1cccn1)NC(=O)CNC(=O)[C@@H](N)C(C)C.Cl.Cl. The Labute approximate surface area is 143 Å². The van der Waals surface area contributed by atoms with Crippen molar-refractivity contribution in [1.29, 1.82) is 0 Å². The molecule has 0 aliphatic carbocycles. The van der Waals surface area contributed by atoms with Crippen LogP contribution in [-0.2, 0) is 16.1 Å². The van der Waals surface area contributed by atoms with Crippen LogP contribution in [-0.4, -0.2) is 40.2 Å². The molecule has 1 heterocycles. The van der Waals surface area contributed by atoms with Crippen LogP contribution < -0.4 is 16.4 Å². The Morgan fingerprint density at radius 1 is 1.27 bits per heavy atom. The molecule has 0 fully saturated rings. The lowest BCUT2D eigenvalue weighted by Crippen LogP contribution is -2.48. The molecule has 2 atom stereocenters. The van der Waals surface area contributed by atoms with Gasteiger partial charge in [-0.3, -0.25) is 14.3 Å². The number of aromatic nitrogens is 2. The normalized spacial score (nSPS) is 12.6. The van der Waals surface area contributed by atoms with Crippen LogP contribution in [0.3, 0.4) is 0 Å². The fourth-order valence-electron chi connectivity index (χ4n) is 1.65. The lowest BCUT2D eigenvalue weighted by atomic mass is 10.1. The smallest absolute Gasteiger partial charge is 0.239 e. The molecule has 0 radical (unpaired) electrons. The first kappa shape index (κ1) is 23.0. The minimum atomic E-state index is -0.593. The summed E-state index contributed by atoms with van der Waals surface area (Å²) in [6.45, 7) is 6.11. The average molecular weight is 354 g/mol. The fraction of sp³-hybridized carbons (Fsp3) is 0.615. The Kier molecular flexibility index (Phi) is 11.8. The van der Waals surface area contributed by atoms with Crippen LogP contribution in [0.25, 0.3) is 0 Å². The highest BCUT2D eigenvalue weighted by atomic mass is 35.5. The van der Waals surface area contributed by atoms with Gasteiger partial charge in [0.15, 0.2) is 0 Å². The summed E-state index contributed by atoms with van der Waals surface area (Å²) < 4.78 is 1.73. The van der Waals surface area contributed by atoms with E-state index in [1.165, 1.54) is 0 Å². The van der Waals surface area contributed by atoms with Crippen molar-refractivity contribution in [3.63, 3.8) is 0 Å². The van der Waals surface area contributed by atoms with E-state index in [9.17, 15) is 9.59 Å². The largest absolute Gasteiger partial charge is 0.350 e. The number of amides is 2. The van der Waals surface area contributed by atoms with E-state index in [2.05, 4.69) is 15.7 Å². The highest BCUT2D eigenvalue weighted by molar-refractivity contribution is 5.87. The third-order valence-corrected chi connectivity index (χ3v) is 2.87. The number of carbonyl (C=O) groups excluding carboxylic acids is 2. The Morgan fingerprint density at radius 2 is 1.91 bits per heavy atom. The number of hydrogen-bond donors (Lipinski definition) is 3. The summed E-state index contributed by atoms with van der Waals surface area (Å²) in [6.07, 6.45) is 3.51. The van der Waals surface area contributed by atoms with Crippen molar-refractivity contribution >= 4 is 36.6 Å². The van der Waals surface area contributed by atoms with Crippen molar-refractivity contribution in [2.45, 2.75) is 39.4 Å². The Balaban J connectivity index is 0. The Bertz CT molecular complexity index is 440. The van der Waals surface area contributed by atoms with Gasteiger partial charge in [-0.25, -0.2) is 0 Å². The number of nitrogens with zero attached hydrogens (tertiary/aromatic N) is 2. The molecule has 0 bridgehead atoms. The van der Waals surface area contributed by atoms with E-state index in [-0.39, 0.29) is 55.1 Å². The van der Waals surface area contributed by atoms with Gasteiger partial charge in [0, 0.05) is 18.4 Å². The first-order chi connectivity index (χ1) is 9.40. The molecule has 0 saturated heterocycles. The van der Waals surface area contributed by atoms with Crippen LogP contribution in [0.5, 0.6) is 0 Å². The molecule has 1 aromatic heterocycles. The number of halogens is 2. The van der Waals surface area contributed by atoms with Crippen LogP contribution in [0, 0.1) is 5.92 Å². The summed E-state index contributed by atoms with van der Waals surface area (Å²) in [5.41, 5.74) is 5.68. The lowest BCUT2D eigenvalue weighted by molar-refractivity contribution is -0.127. The van der Waals surface area contributed by atoms with Crippen molar-refractivity contribution < 1.29 is 9.59 Å². The van der Waals surface area contributed by atoms with E-state index in [1.54, 1.807) is 10.9 Å². The molecule has 0 spiro atoms. The van der Waals surface area contributed by atoms with Crippen LogP contribution in [0.2, 0.25) is 0 Å². The third-order valence-electron chi connectivity index (χ3n) is 2.87.